The van der Waals surface area contributed by atoms with Gasteiger partial charge in [0.25, 0.3) is 0 Å². The summed E-state index contributed by atoms with van der Waals surface area (Å²) in [6.45, 7) is 4.02. The number of hydrogen-bond acceptors (Lipinski definition) is 4. The van der Waals surface area contributed by atoms with E-state index in [1.807, 2.05) is 31.2 Å². The van der Waals surface area contributed by atoms with E-state index in [2.05, 4.69) is 0 Å². The van der Waals surface area contributed by atoms with Crippen LogP contribution in [0.5, 0.6) is 5.75 Å². The minimum Gasteiger partial charge on any atom is -0.485 e. The highest BCUT2D eigenvalue weighted by molar-refractivity contribution is 5.98. The fourth-order valence-electron chi connectivity index (χ4n) is 1.87. The Morgan fingerprint density at radius 3 is 2.09 bits per heavy atom. The molecule has 0 aromatic heterocycles. The minimum atomic E-state index is -0.391. The highest BCUT2D eigenvalue weighted by atomic mass is 16.5. The van der Waals surface area contributed by atoms with E-state index < -0.39 is 5.97 Å². The van der Waals surface area contributed by atoms with E-state index in [1.54, 1.807) is 31.2 Å². The zero-order valence-corrected chi connectivity index (χ0v) is 12.7. The molecule has 0 saturated carbocycles. The van der Waals surface area contributed by atoms with Crippen LogP contribution in [0.15, 0.2) is 48.5 Å². The van der Waals surface area contributed by atoms with Crippen molar-refractivity contribution in [3.63, 3.8) is 0 Å². The number of carbonyl (C=O) groups excluding carboxylic acids is 2. The monoisotopic (exact) mass is 298 g/mol. The lowest BCUT2D eigenvalue weighted by atomic mass is 10.1. The van der Waals surface area contributed by atoms with Crippen molar-refractivity contribution < 1.29 is 19.1 Å². The Morgan fingerprint density at radius 1 is 0.909 bits per heavy atom. The summed E-state index contributed by atoms with van der Waals surface area (Å²) in [4.78, 5) is 23.6. The minimum absolute atomic E-state index is 0.0399. The lowest BCUT2D eigenvalue weighted by Crippen LogP contribution is -2.12. The van der Waals surface area contributed by atoms with Gasteiger partial charge in [0.1, 0.15) is 5.75 Å². The van der Waals surface area contributed by atoms with Crippen molar-refractivity contribution in [3.8, 4) is 5.75 Å². The lowest BCUT2D eigenvalue weighted by Gasteiger charge is -2.06. The maximum absolute atomic E-state index is 12.1. The first-order valence-electron chi connectivity index (χ1n) is 7.10. The van der Waals surface area contributed by atoms with E-state index in [4.69, 9.17) is 9.47 Å². The molecule has 0 aliphatic carbocycles. The van der Waals surface area contributed by atoms with E-state index in [9.17, 15) is 9.59 Å². The van der Waals surface area contributed by atoms with Crippen LogP contribution in [0.25, 0.3) is 0 Å². The topological polar surface area (TPSA) is 52.6 Å². The molecule has 0 aliphatic rings. The molecule has 0 atom stereocenters. The average Bonchev–Trinajstić information content (AvgIpc) is 2.54. The molecule has 0 amide bonds. The second-order valence-corrected chi connectivity index (χ2v) is 4.82. The second-order valence-electron chi connectivity index (χ2n) is 4.82. The summed E-state index contributed by atoms with van der Waals surface area (Å²) in [6, 6.07) is 13.9. The molecule has 0 N–H and O–H groups in total. The zero-order chi connectivity index (χ0) is 15.9. The predicted octanol–water partition coefficient (Wildman–Crippen LogP) is 3.43. The van der Waals surface area contributed by atoms with Gasteiger partial charge in [-0.05, 0) is 38.1 Å². The SMILES string of the molecule is CCOC(=O)c1ccc(C(=O)COc2ccc(C)cc2)cc1. The first kappa shape index (κ1) is 15.8. The maximum atomic E-state index is 12.1. The van der Waals surface area contributed by atoms with E-state index in [0.717, 1.165) is 5.56 Å². The summed E-state index contributed by atoms with van der Waals surface area (Å²) >= 11 is 0. The molecule has 22 heavy (non-hydrogen) atoms. The Balaban J connectivity index is 1.95. The van der Waals surface area contributed by atoms with Crippen LogP contribution in [0.3, 0.4) is 0 Å². The van der Waals surface area contributed by atoms with Crippen LogP contribution in [-0.4, -0.2) is 25.0 Å². The van der Waals surface area contributed by atoms with E-state index in [1.165, 1.54) is 0 Å². The molecular weight excluding hydrogens is 280 g/mol. The van der Waals surface area contributed by atoms with Gasteiger partial charge in [0.2, 0.25) is 0 Å². The molecular formula is C18H18O4. The van der Waals surface area contributed by atoms with Crippen LogP contribution in [-0.2, 0) is 4.74 Å². The highest BCUT2D eigenvalue weighted by Gasteiger charge is 2.10. The molecule has 0 bridgehead atoms. The number of benzene rings is 2. The number of aryl methyl sites for hydroxylation is 1. The van der Waals surface area contributed by atoms with Crippen molar-refractivity contribution in [2.75, 3.05) is 13.2 Å². The number of esters is 1. The average molecular weight is 298 g/mol. The fourth-order valence-corrected chi connectivity index (χ4v) is 1.87. The molecule has 0 fully saturated rings. The van der Waals surface area contributed by atoms with Crippen molar-refractivity contribution in [1.29, 1.82) is 0 Å². The van der Waals surface area contributed by atoms with Crippen molar-refractivity contribution in [2.24, 2.45) is 0 Å². The van der Waals surface area contributed by atoms with Crippen molar-refractivity contribution in [2.45, 2.75) is 13.8 Å². The molecule has 0 aliphatic heterocycles. The lowest BCUT2D eigenvalue weighted by molar-refractivity contribution is 0.0526. The number of ether oxygens (including phenoxy) is 2. The zero-order valence-electron chi connectivity index (χ0n) is 12.7. The molecule has 2 rings (SSSR count). The Kier molecular flexibility index (Phi) is 5.31. The first-order chi connectivity index (χ1) is 10.6. The van der Waals surface area contributed by atoms with Gasteiger partial charge in [0, 0.05) is 5.56 Å². The smallest absolute Gasteiger partial charge is 0.338 e. The normalized spacial score (nSPS) is 10.1. The summed E-state index contributed by atoms with van der Waals surface area (Å²) in [7, 11) is 0. The van der Waals surface area contributed by atoms with Crippen LogP contribution in [0.2, 0.25) is 0 Å². The molecule has 4 heteroatoms. The number of Topliss-reactive ketones (excluding diaryl/α,β-unsaturated/α-hetero) is 1. The predicted molar refractivity (Wildman–Crippen MR) is 83.4 cm³/mol. The number of ketones is 1. The first-order valence-corrected chi connectivity index (χ1v) is 7.10. The molecule has 0 unspecified atom stereocenters. The van der Waals surface area contributed by atoms with Crippen molar-refractivity contribution >= 4 is 11.8 Å². The van der Waals surface area contributed by atoms with Crippen LogP contribution in [0.1, 0.15) is 33.2 Å². The number of rotatable bonds is 6. The summed E-state index contributed by atoms with van der Waals surface area (Å²) < 4.78 is 10.3. The number of carbonyl (C=O) groups is 2. The van der Waals surface area contributed by atoms with Gasteiger partial charge in [0.15, 0.2) is 12.4 Å². The number of hydrogen-bond donors (Lipinski definition) is 0. The van der Waals surface area contributed by atoms with Gasteiger partial charge in [-0.15, -0.1) is 0 Å². The standard InChI is InChI=1S/C18H18O4/c1-3-21-18(20)15-8-6-14(7-9-15)17(19)12-22-16-10-4-13(2)5-11-16/h4-11H,3,12H2,1-2H3. The third kappa shape index (κ3) is 4.19. The third-order valence-electron chi connectivity index (χ3n) is 3.11. The summed E-state index contributed by atoms with van der Waals surface area (Å²) in [5.41, 5.74) is 2.06. The second kappa shape index (κ2) is 7.41. The Hall–Kier alpha value is -2.62. The maximum Gasteiger partial charge on any atom is 0.338 e. The Labute approximate surface area is 129 Å². The van der Waals surface area contributed by atoms with Gasteiger partial charge < -0.3 is 9.47 Å². The van der Waals surface area contributed by atoms with Gasteiger partial charge in [-0.1, -0.05) is 29.8 Å². The molecule has 4 nitrogen and oxygen atoms in total. The van der Waals surface area contributed by atoms with Gasteiger partial charge in [-0.2, -0.15) is 0 Å². The van der Waals surface area contributed by atoms with Gasteiger partial charge in [-0.25, -0.2) is 4.79 Å². The van der Waals surface area contributed by atoms with E-state index >= 15 is 0 Å². The van der Waals surface area contributed by atoms with Crippen LogP contribution >= 0.6 is 0 Å². The van der Waals surface area contributed by atoms with Gasteiger partial charge in [-0.3, -0.25) is 4.79 Å². The van der Waals surface area contributed by atoms with E-state index in [0.29, 0.717) is 23.5 Å². The molecule has 0 heterocycles. The Morgan fingerprint density at radius 2 is 1.50 bits per heavy atom. The van der Waals surface area contributed by atoms with E-state index in [-0.39, 0.29) is 12.4 Å². The molecule has 0 saturated heterocycles. The Bertz CT molecular complexity index is 642. The largest absolute Gasteiger partial charge is 0.485 e. The van der Waals surface area contributed by atoms with Crippen LogP contribution in [0.4, 0.5) is 0 Å². The highest BCUT2D eigenvalue weighted by Crippen LogP contribution is 2.12. The van der Waals surface area contributed by atoms with Crippen molar-refractivity contribution in [1.82, 2.24) is 0 Å². The summed E-state index contributed by atoms with van der Waals surface area (Å²) in [6.07, 6.45) is 0. The molecule has 0 radical (unpaired) electrons. The van der Waals surface area contributed by atoms with Gasteiger partial charge >= 0.3 is 5.97 Å². The molecule has 2 aromatic rings. The quantitative estimate of drug-likeness (QED) is 0.605. The molecule has 114 valence electrons. The van der Waals surface area contributed by atoms with Crippen molar-refractivity contribution in [3.05, 3.63) is 65.2 Å². The van der Waals surface area contributed by atoms with Gasteiger partial charge in [0.05, 0.1) is 12.2 Å². The van der Waals surface area contributed by atoms with Crippen LogP contribution < -0.4 is 4.74 Å². The summed E-state index contributed by atoms with van der Waals surface area (Å²) in [5, 5.41) is 0. The fraction of sp³-hybridized carbons (Fsp3) is 0.222. The third-order valence-corrected chi connectivity index (χ3v) is 3.11. The molecule has 2 aromatic carbocycles. The summed E-state index contributed by atoms with van der Waals surface area (Å²) in [5.74, 6) is 0.121. The molecule has 0 spiro atoms. The van der Waals surface area contributed by atoms with Crippen LogP contribution in [0, 0.1) is 6.92 Å².